The van der Waals surface area contributed by atoms with E-state index >= 15 is 0 Å². The number of nitrogens with zero attached hydrogens (tertiary/aromatic N) is 1. The predicted octanol–water partition coefficient (Wildman–Crippen LogP) is 3.53. The van der Waals surface area contributed by atoms with Gasteiger partial charge in [-0.05, 0) is 69.4 Å². The van der Waals surface area contributed by atoms with Crippen molar-refractivity contribution in [1.29, 1.82) is 0 Å². The van der Waals surface area contributed by atoms with Crippen LogP contribution in [0.2, 0.25) is 0 Å². The average Bonchev–Trinajstić information content (AvgIpc) is 2.53. The molecule has 0 aliphatic heterocycles. The van der Waals surface area contributed by atoms with Gasteiger partial charge in [0.15, 0.2) is 0 Å². The summed E-state index contributed by atoms with van der Waals surface area (Å²) in [4.78, 5) is 2.59. The van der Waals surface area contributed by atoms with Gasteiger partial charge in [-0.3, -0.25) is 4.72 Å². The van der Waals surface area contributed by atoms with Gasteiger partial charge < -0.3 is 4.90 Å². The Morgan fingerprint density at radius 3 is 1.96 bits per heavy atom. The molecule has 0 bridgehead atoms. The fraction of sp³-hybridized carbons (Fsp3) is 0.667. The maximum absolute atomic E-state index is 11.0. The topological polar surface area (TPSA) is 75.4 Å². The second kappa shape index (κ2) is 11.4. The van der Waals surface area contributed by atoms with E-state index in [2.05, 4.69) is 23.5 Å². The second-order valence-electron chi connectivity index (χ2n) is 6.35. The Morgan fingerprint density at radius 2 is 1.46 bits per heavy atom. The van der Waals surface area contributed by atoms with Gasteiger partial charge in [-0.1, -0.05) is 38.8 Å². The van der Waals surface area contributed by atoms with Crippen molar-refractivity contribution in [3.63, 3.8) is 0 Å². The van der Waals surface area contributed by atoms with Crippen molar-refractivity contribution >= 4 is 15.9 Å². The van der Waals surface area contributed by atoms with Crippen molar-refractivity contribution in [3.05, 3.63) is 29.8 Å². The lowest BCUT2D eigenvalue weighted by Crippen LogP contribution is -2.27. The third kappa shape index (κ3) is 9.90. The minimum Gasteiger partial charge on any atom is -0.303 e. The zero-order chi connectivity index (χ0) is 17.8. The maximum atomic E-state index is 11.0. The van der Waals surface area contributed by atoms with Crippen LogP contribution in [-0.2, 0) is 16.6 Å². The van der Waals surface area contributed by atoms with Crippen LogP contribution in [0.3, 0.4) is 0 Å². The summed E-state index contributed by atoms with van der Waals surface area (Å²) in [6.07, 6.45) is 8.43. The van der Waals surface area contributed by atoms with Gasteiger partial charge in [-0.25, -0.2) is 5.14 Å². The number of nitrogens with two attached hydrogens (primary N) is 1. The van der Waals surface area contributed by atoms with Crippen LogP contribution in [0.25, 0.3) is 0 Å². The molecule has 0 heterocycles. The Labute approximate surface area is 147 Å². The summed E-state index contributed by atoms with van der Waals surface area (Å²) in [5.41, 5.74) is 1.73. The van der Waals surface area contributed by atoms with Crippen molar-refractivity contribution in [2.24, 2.45) is 5.14 Å². The van der Waals surface area contributed by atoms with E-state index < -0.39 is 10.2 Å². The Balaban J connectivity index is 2.32. The van der Waals surface area contributed by atoms with E-state index in [1.54, 1.807) is 12.1 Å². The molecule has 0 atom stereocenters. The molecular weight excluding hydrogens is 322 g/mol. The molecule has 6 heteroatoms. The van der Waals surface area contributed by atoms with E-state index in [0.717, 1.165) is 12.8 Å². The van der Waals surface area contributed by atoms with Gasteiger partial charge >= 0.3 is 0 Å². The summed E-state index contributed by atoms with van der Waals surface area (Å²) < 4.78 is 24.2. The fourth-order valence-corrected chi connectivity index (χ4v) is 3.13. The largest absolute Gasteiger partial charge is 0.303 e. The first-order valence-electron chi connectivity index (χ1n) is 9.06. The van der Waals surface area contributed by atoms with Crippen LogP contribution < -0.4 is 9.86 Å². The van der Waals surface area contributed by atoms with Gasteiger partial charge in [0, 0.05) is 5.69 Å². The Morgan fingerprint density at radius 1 is 0.917 bits per heavy atom. The molecule has 1 aromatic rings. The number of anilines is 1. The molecule has 1 rings (SSSR count). The third-order valence-corrected chi connectivity index (χ3v) is 4.58. The highest BCUT2D eigenvalue weighted by Crippen LogP contribution is 2.13. The lowest BCUT2D eigenvalue weighted by molar-refractivity contribution is 0.260. The summed E-state index contributed by atoms with van der Waals surface area (Å²) >= 11 is 0. The number of rotatable bonds is 13. The van der Waals surface area contributed by atoms with Crippen molar-refractivity contribution in [2.75, 3.05) is 24.4 Å². The van der Waals surface area contributed by atoms with E-state index in [-0.39, 0.29) is 0 Å². The molecule has 0 saturated heterocycles. The number of nitrogens with one attached hydrogen (secondary N) is 1. The summed E-state index contributed by atoms with van der Waals surface area (Å²) in [6, 6.07) is 7.43. The van der Waals surface area contributed by atoms with Gasteiger partial charge in [0.05, 0.1) is 0 Å². The van der Waals surface area contributed by atoms with E-state index in [9.17, 15) is 8.42 Å². The summed E-state index contributed by atoms with van der Waals surface area (Å²) in [5, 5.41) is 4.96. The number of benzene rings is 1. The monoisotopic (exact) mass is 355 g/mol. The first-order chi connectivity index (χ1) is 11.4. The number of hydrogen-bond donors (Lipinski definition) is 2. The van der Waals surface area contributed by atoms with Crippen LogP contribution >= 0.6 is 0 Å². The summed E-state index contributed by atoms with van der Waals surface area (Å²) in [5.74, 6) is 0. The van der Waals surface area contributed by atoms with Gasteiger partial charge in [0.1, 0.15) is 0 Å². The summed E-state index contributed by atoms with van der Waals surface area (Å²) in [7, 11) is -3.69. The SMILES string of the molecule is CCCCN(CCCC)CCCCc1ccc(NS(N)(=O)=O)cc1. The molecule has 0 unspecified atom stereocenters. The number of aryl methyl sites for hydroxylation is 1. The zero-order valence-electron chi connectivity index (χ0n) is 15.1. The number of unbranched alkanes of at least 4 members (excludes halogenated alkanes) is 3. The van der Waals surface area contributed by atoms with Gasteiger partial charge in [0.25, 0.3) is 10.2 Å². The van der Waals surface area contributed by atoms with Crippen molar-refractivity contribution in [1.82, 2.24) is 4.90 Å². The standard InChI is InChI=1S/C18H33N3O2S/c1-3-5-14-21(15-6-4-2)16-8-7-9-17-10-12-18(13-11-17)20-24(19,22)23/h10-13,20H,3-9,14-16H2,1-2H3,(H2,19,22,23). The molecule has 3 N–H and O–H groups in total. The maximum Gasteiger partial charge on any atom is 0.296 e. The molecule has 0 fully saturated rings. The summed E-state index contributed by atoms with van der Waals surface area (Å²) in [6.45, 7) is 8.08. The fourth-order valence-electron chi connectivity index (χ4n) is 2.67. The molecule has 0 aliphatic carbocycles. The van der Waals surface area contributed by atoms with E-state index in [0.29, 0.717) is 5.69 Å². The molecule has 0 radical (unpaired) electrons. The Bertz CT molecular complexity index is 536. The van der Waals surface area contributed by atoms with Gasteiger partial charge in [-0.2, -0.15) is 8.42 Å². The average molecular weight is 356 g/mol. The normalized spacial score (nSPS) is 11.8. The van der Waals surface area contributed by atoms with Crippen LogP contribution in [-0.4, -0.2) is 33.0 Å². The molecule has 0 spiro atoms. The van der Waals surface area contributed by atoms with E-state index in [4.69, 9.17) is 5.14 Å². The lowest BCUT2D eigenvalue weighted by Gasteiger charge is -2.21. The van der Waals surface area contributed by atoms with Gasteiger partial charge in [0.2, 0.25) is 0 Å². The minimum absolute atomic E-state index is 0.506. The molecule has 1 aromatic carbocycles. The second-order valence-corrected chi connectivity index (χ2v) is 7.64. The Kier molecular flexibility index (Phi) is 9.98. The lowest BCUT2D eigenvalue weighted by atomic mass is 10.1. The van der Waals surface area contributed by atoms with Crippen LogP contribution in [0, 0.1) is 0 Å². The van der Waals surface area contributed by atoms with E-state index in [1.807, 2.05) is 12.1 Å². The minimum atomic E-state index is -3.69. The predicted molar refractivity (Wildman–Crippen MR) is 102 cm³/mol. The molecule has 24 heavy (non-hydrogen) atoms. The van der Waals surface area contributed by atoms with Crippen LogP contribution in [0.15, 0.2) is 24.3 Å². The zero-order valence-corrected chi connectivity index (χ0v) is 15.9. The highest BCUT2D eigenvalue weighted by molar-refractivity contribution is 7.90. The molecule has 5 nitrogen and oxygen atoms in total. The van der Waals surface area contributed by atoms with Gasteiger partial charge in [-0.15, -0.1) is 0 Å². The molecule has 138 valence electrons. The van der Waals surface area contributed by atoms with Crippen molar-refractivity contribution in [3.8, 4) is 0 Å². The van der Waals surface area contributed by atoms with Crippen LogP contribution in [0.4, 0.5) is 5.69 Å². The van der Waals surface area contributed by atoms with Crippen molar-refractivity contribution in [2.45, 2.75) is 58.8 Å². The quantitative estimate of drug-likeness (QED) is 0.532. The smallest absolute Gasteiger partial charge is 0.296 e. The van der Waals surface area contributed by atoms with Crippen molar-refractivity contribution < 1.29 is 8.42 Å². The first kappa shape index (κ1) is 20.9. The molecule has 0 saturated carbocycles. The third-order valence-electron chi connectivity index (χ3n) is 4.06. The molecule has 0 aliphatic rings. The Hall–Kier alpha value is -1.11. The highest BCUT2D eigenvalue weighted by Gasteiger charge is 2.04. The molecular formula is C18H33N3O2S. The van der Waals surface area contributed by atoms with Crippen LogP contribution in [0.5, 0.6) is 0 Å². The van der Waals surface area contributed by atoms with E-state index in [1.165, 1.54) is 57.3 Å². The van der Waals surface area contributed by atoms with Crippen LogP contribution in [0.1, 0.15) is 57.9 Å². The highest BCUT2D eigenvalue weighted by atomic mass is 32.2. The molecule has 0 aromatic heterocycles. The first-order valence-corrected chi connectivity index (χ1v) is 10.6. The molecule has 0 amide bonds. The number of hydrogen-bond acceptors (Lipinski definition) is 3.